The summed E-state index contributed by atoms with van der Waals surface area (Å²) in [7, 11) is 0. The lowest BCUT2D eigenvalue weighted by atomic mass is 9.95. The number of nitrogens with one attached hydrogen (secondary N) is 1. The Kier molecular flexibility index (Phi) is 4.30. The summed E-state index contributed by atoms with van der Waals surface area (Å²) in [5.74, 6) is 1.70. The minimum absolute atomic E-state index is 0.127. The molecule has 2 aliphatic carbocycles. The van der Waals surface area contributed by atoms with E-state index in [2.05, 4.69) is 31.6 Å². The van der Waals surface area contributed by atoms with Gasteiger partial charge in [-0.05, 0) is 63.0 Å². The molecule has 1 N–H and O–H groups in total. The summed E-state index contributed by atoms with van der Waals surface area (Å²) in [4.78, 5) is 14.7. The molecule has 1 aliphatic heterocycles. The van der Waals surface area contributed by atoms with Gasteiger partial charge < -0.3 is 14.7 Å². The number of amides is 1. The van der Waals surface area contributed by atoms with E-state index >= 15 is 0 Å². The van der Waals surface area contributed by atoms with Gasteiger partial charge in [-0.25, -0.2) is 0 Å². The number of aromatic nitrogens is 3. The molecule has 1 fully saturated rings. The molecule has 0 spiro atoms. The number of fused-ring (bicyclic) bond motifs is 2. The van der Waals surface area contributed by atoms with Crippen molar-refractivity contribution < 1.29 is 9.32 Å². The van der Waals surface area contributed by atoms with Crippen LogP contribution in [0.5, 0.6) is 0 Å². The van der Waals surface area contributed by atoms with Crippen LogP contribution in [0.4, 0.5) is 5.82 Å². The van der Waals surface area contributed by atoms with E-state index in [0.717, 1.165) is 68.7 Å². The second kappa shape index (κ2) is 6.94. The highest BCUT2D eigenvalue weighted by atomic mass is 16.5. The van der Waals surface area contributed by atoms with E-state index in [9.17, 15) is 4.79 Å². The Bertz CT molecular complexity index is 856. The van der Waals surface area contributed by atoms with Gasteiger partial charge >= 0.3 is 0 Å². The van der Waals surface area contributed by atoms with Gasteiger partial charge in [-0.15, -0.1) is 5.10 Å². The average Bonchev–Trinajstić information content (AvgIpc) is 3.11. The summed E-state index contributed by atoms with van der Waals surface area (Å²) in [5.41, 5.74) is 4.51. The minimum Gasteiger partial charge on any atom is -0.354 e. The number of hydrogen-bond acceptors (Lipinski definition) is 6. The largest absolute Gasteiger partial charge is 0.354 e. The van der Waals surface area contributed by atoms with Crippen molar-refractivity contribution in [3.05, 3.63) is 34.3 Å². The Hall–Kier alpha value is -2.44. The zero-order valence-electron chi connectivity index (χ0n) is 15.5. The first-order valence-electron chi connectivity index (χ1n) is 10.1. The number of rotatable bonds is 4. The van der Waals surface area contributed by atoms with E-state index in [1.165, 1.54) is 24.1 Å². The van der Waals surface area contributed by atoms with Gasteiger partial charge in [0.15, 0.2) is 5.82 Å². The van der Waals surface area contributed by atoms with E-state index in [0.29, 0.717) is 18.2 Å². The van der Waals surface area contributed by atoms with Crippen molar-refractivity contribution in [2.24, 2.45) is 5.92 Å². The summed E-state index contributed by atoms with van der Waals surface area (Å²) in [6.07, 6.45) is 8.70. The minimum atomic E-state index is -0.127. The van der Waals surface area contributed by atoms with Gasteiger partial charge in [0.25, 0.3) is 5.91 Å². The summed E-state index contributed by atoms with van der Waals surface area (Å²) in [6.45, 7) is 2.47. The molecule has 0 saturated carbocycles. The quantitative estimate of drug-likeness (QED) is 0.891. The van der Waals surface area contributed by atoms with Crippen LogP contribution in [0.25, 0.3) is 0 Å². The van der Waals surface area contributed by atoms with Crippen LogP contribution in [0.2, 0.25) is 0 Å². The second-order valence-electron chi connectivity index (χ2n) is 8.01. The number of aryl methyl sites for hydroxylation is 3. The zero-order chi connectivity index (χ0) is 18.2. The molecule has 7 nitrogen and oxygen atoms in total. The second-order valence-corrected chi connectivity index (χ2v) is 8.01. The number of nitrogens with zero attached hydrogens (tertiary/aromatic N) is 4. The Labute approximate surface area is 158 Å². The van der Waals surface area contributed by atoms with Gasteiger partial charge in [0.1, 0.15) is 0 Å². The molecule has 2 aromatic heterocycles. The summed E-state index contributed by atoms with van der Waals surface area (Å²) in [5, 5.41) is 15.9. The first-order valence-corrected chi connectivity index (χ1v) is 10.1. The van der Waals surface area contributed by atoms with Crippen LogP contribution in [-0.2, 0) is 25.7 Å². The molecule has 7 heteroatoms. The predicted octanol–water partition coefficient (Wildman–Crippen LogP) is 2.09. The summed E-state index contributed by atoms with van der Waals surface area (Å²) >= 11 is 0. The van der Waals surface area contributed by atoms with Gasteiger partial charge in [0.05, 0.1) is 11.4 Å². The van der Waals surface area contributed by atoms with Gasteiger partial charge in [-0.2, -0.15) is 5.10 Å². The monoisotopic (exact) mass is 367 g/mol. The van der Waals surface area contributed by atoms with Gasteiger partial charge in [0.2, 0.25) is 5.76 Å². The Morgan fingerprint density at radius 2 is 1.85 bits per heavy atom. The molecule has 0 atom stereocenters. The Morgan fingerprint density at radius 3 is 2.74 bits per heavy atom. The molecule has 1 saturated heterocycles. The molecule has 2 aromatic rings. The van der Waals surface area contributed by atoms with E-state index in [4.69, 9.17) is 4.52 Å². The highest BCUT2D eigenvalue weighted by Crippen LogP contribution is 2.27. The Morgan fingerprint density at radius 1 is 1.07 bits per heavy atom. The van der Waals surface area contributed by atoms with Crippen LogP contribution in [0.15, 0.2) is 10.6 Å². The van der Waals surface area contributed by atoms with Gasteiger partial charge in [-0.3, -0.25) is 4.79 Å². The maximum Gasteiger partial charge on any atom is 0.290 e. The van der Waals surface area contributed by atoms with Gasteiger partial charge in [-0.1, -0.05) is 5.16 Å². The van der Waals surface area contributed by atoms with Crippen LogP contribution < -0.4 is 10.2 Å². The lowest BCUT2D eigenvalue weighted by molar-refractivity contribution is 0.0906. The molecule has 0 radical (unpaired) electrons. The fourth-order valence-corrected chi connectivity index (χ4v) is 4.41. The van der Waals surface area contributed by atoms with E-state index in [1.807, 2.05) is 0 Å². The molecule has 1 amide bonds. The number of carbonyl (C=O) groups excluding carboxylic acids is 1. The zero-order valence-corrected chi connectivity index (χ0v) is 15.5. The van der Waals surface area contributed by atoms with Crippen LogP contribution in [0.3, 0.4) is 0 Å². The van der Waals surface area contributed by atoms with E-state index in [1.54, 1.807) is 0 Å². The molecule has 27 heavy (non-hydrogen) atoms. The molecule has 3 aliphatic rings. The molecule has 0 aromatic carbocycles. The van der Waals surface area contributed by atoms with Crippen LogP contribution >= 0.6 is 0 Å². The molecule has 0 unspecified atom stereocenters. The fourth-order valence-electron chi connectivity index (χ4n) is 4.41. The summed E-state index contributed by atoms with van der Waals surface area (Å²) in [6, 6.07) is 2.21. The van der Waals surface area contributed by atoms with Crippen molar-refractivity contribution in [2.75, 3.05) is 24.5 Å². The smallest absolute Gasteiger partial charge is 0.290 e. The lowest BCUT2D eigenvalue weighted by Gasteiger charge is -2.40. The van der Waals surface area contributed by atoms with Crippen molar-refractivity contribution >= 4 is 11.7 Å². The highest BCUT2D eigenvalue weighted by Gasteiger charge is 2.30. The van der Waals surface area contributed by atoms with Crippen molar-refractivity contribution in [1.82, 2.24) is 20.7 Å². The molecule has 142 valence electrons. The maximum absolute atomic E-state index is 12.5. The van der Waals surface area contributed by atoms with Gasteiger partial charge in [0, 0.05) is 31.1 Å². The standard InChI is InChI=1S/C20H25N5O2/c26-20(19-15-6-2-4-8-17(15)24-27-19)21-10-13-11-25(12-13)18-9-14-5-1-3-7-16(14)22-23-18/h9,13H,1-8,10-12H2,(H,21,26). The number of carbonyl (C=O) groups is 1. The number of hydrogen-bond donors (Lipinski definition) is 1. The summed E-state index contributed by atoms with van der Waals surface area (Å²) < 4.78 is 5.32. The molecular formula is C20H25N5O2. The SMILES string of the molecule is O=C(NCC1CN(c2cc3c(nn2)CCCC3)C1)c1onc2c1CCCC2. The average molecular weight is 367 g/mol. The van der Waals surface area contributed by atoms with Crippen molar-refractivity contribution in [2.45, 2.75) is 51.4 Å². The highest BCUT2D eigenvalue weighted by molar-refractivity contribution is 5.93. The molecule has 5 rings (SSSR count). The third-order valence-electron chi connectivity index (χ3n) is 6.06. The number of anilines is 1. The molecular weight excluding hydrogens is 342 g/mol. The first-order chi connectivity index (χ1) is 13.3. The normalized spacial score (nSPS) is 19.2. The predicted molar refractivity (Wildman–Crippen MR) is 99.9 cm³/mol. The third kappa shape index (κ3) is 3.19. The maximum atomic E-state index is 12.5. The van der Waals surface area contributed by atoms with Crippen LogP contribution in [0.1, 0.15) is 58.8 Å². The molecule has 0 bridgehead atoms. The topological polar surface area (TPSA) is 84.2 Å². The van der Waals surface area contributed by atoms with E-state index in [-0.39, 0.29) is 5.91 Å². The van der Waals surface area contributed by atoms with Crippen molar-refractivity contribution in [3.63, 3.8) is 0 Å². The third-order valence-corrected chi connectivity index (χ3v) is 6.06. The van der Waals surface area contributed by atoms with Crippen LogP contribution in [0, 0.1) is 5.92 Å². The van der Waals surface area contributed by atoms with Crippen LogP contribution in [-0.4, -0.2) is 40.9 Å². The van der Waals surface area contributed by atoms with Crippen molar-refractivity contribution in [1.29, 1.82) is 0 Å². The fraction of sp³-hybridized carbons (Fsp3) is 0.600. The van der Waals surface area contributed by atoms with E-state index < -0.39 is 0 Å². The Balaban J connectivity index is 1.14. The first kappa shape index (κ1) is 16.7. The lowest BCUT2D eigenvalue weighted by Crippen LogP contribution is -2.52. The molecule has 3 heterocycles. The van der Waals surface area contributed by atoms with Crippen molar-refractivity contribution in [3.8, 4) is 0 Å².